The summed E-state index contributed by atoms with van der Waals surface area (Å²) in [6, 6.07) is 3.34. The quantitative estimate of drug-likeness (QED) is 0.288. The number of rotatable bonds is 5. The summed E-state index contributed by atoms with van der Waals surface area (Å²) in [7, 11) is 1.86. The summed E-state index contributed by atoms with van der Waals surface area (Å²) >= 11 is 1.21. The summed E-state index contributed by atoms with van der Waals surface area (Å²) < 4.78 is 4.65. The summed E-state index contributed by atoms with van der Waals surface area (Å²) in [6.07, 6.45) is 0.746. The van der Waals surface area contributed by atoms with Crippen molar-refractivity contribution >= 4 is 23.1 Å². The van der Waals surface area contributed by atoms with E-state index >= 15 is 0 Å². The first-order valence-corrected chi connectivity index (χ1v) is 6.45. The number of carbonyl (C=O) groups excluding carboxylic acids is 2. The molecule has 1 aromatic rings. The van der Waals surface area contributed by atoms with Crippen molar-refractivity contribution in [2.24, 2.45) is 0 Å². The first-order chi connectivity index (χ1) is 8.69. The highest BCUT2D eigenvalue weighted by Crippen LogP contribution is 2.16. The summed E-state index contributed by atoms with van der Waals surface area (Å²) in [5.41, 5.74) is 0. The average molecular weight is 265 g/mol. The Labute approximate surface area is 110 Å². The SMILES string of the molecule is CCOC(=O)C(=O)c1ccc(C#CCCNC)s1. The number of thiophene rings is 1. The minimum Gasteiger partial charge on any atom is -0.460 e. The lowest BCUT2D eigenvalue weighted by atomic mass is 10.3. The van der Waals surface area contributed by atoms with Crippen LogP contribution in [-0.4, -0.2) is 32.0 Å². The molecule has 0 amide bonds. The number of ketones is 1. The van der Waals surface area contributed by atoms with Gasteiger partial charge in [0.05, 0.1) is 16.4 Å². The Morgan fingerprint density at radius 1 is 1.44 bits per heavy atom. The van der Waals surface area contributed by atoms with Crippen LogP contribution in [0.3, 0.4) is 0 Å². The molecule has 0 fully saturated rings. The molecule has 4 nitrogen and oxygen atoms in total. The fourth-order valence-corrected chi connectivity index (χ4v) is 1.97. The highest BCUT2D eigenvalue weighted by Gasteiger charge is 2.18. The molecular formula is C13H15NO3S. The molecule has 96 valence electrons. The minimum atomic E-state index is -0.811. The molecule has 0 aliphatic heterocycles. The van der Waals surface area contributed by atoms with Crippen LogP contribution in [0.5, 0.6) is 0 Å². The Bertz CT molecular complexity index is 482. The molecule has 0 saturated carbocycles. The molecular weight excluding hydrogens is 250 g/mol. The molecule has 1 aromatic heterocycles. The number of Topliss-reactive ketones (excluding diaryl/α,β-unsaturated/α-hetero) is 1. The predicted molar refractivity (Wildman–Crippen MR) is 70.7 cm³/mol. The lowest BCUT2D eigenvalue weighted by Crippen LogP contribution is -2.16. The third-order valence-electron chi connectivity index (χ3n) is 2.00. The first kappa shape index (κ1) is 14.4. The van der Waals surface area contributed by atoms with Gasteiger partial charge in [0, 0.05) is 13.0 Å². The van der Waals surface area contributed by atoms with E-state index in [1.54, 1.807) is 19.1 Å². The van der Waals surface area contributed by atoms with Crippen LogP contribution in [0.2, 0.25) is 0 Å². The van der Waals surface area contributed by atoms with E-state index in [4.69, 9.17) is 0 Å². The molecule has 0 atom stereocenters. The van der Waals surface area contributed by atoms with Crippen molar-refractivity contribution in [3.8, 4) is 11.8 Å². The van der Waals surface area contributed by atoms with E-state index in [2.05, 4.69) is 21.9 Å². The molecule has 1 rings (SSSR count). The number of hydrogen-bond donors (Lipinski definition) is 1. The average Bonchev–Trinajstić information content (AvgIpc) is 2.83. The molecule has 0 saturated heterocycles. The van der Waals surface area contributed by atoms with Gasteiger partial charge < -0.3 is 10.1 Å². The maximum Gasteiger partial charge on any atom is 0.380 e. The molecule has 0 bridgehead atoms. The van der Waals surface area contributed by atoms with E-state index in [0.29, 0.717) is 4.88 Å². The predicted octanol–water partition coefficient (Wildman–Crippen LogP) is 1.45. The monoisotopic (exact) mass is 265 g/mol. The van der Waals surface area contributed by atoms with Crippen molar-refractivity contribution in [3.63, 3.8) is 0 Å². The van der Waals surface area contributed by atoms with Gasteiger partial charge in [0.2, 0.25) is 0 Å². The van der Waals surface area contributed by atoms with Gasteiger partial charge in [-0.1, -0.05) is 11.8 Å². The molecule has 18 heavy (non-hydrogen) atoms. The van der Waals surface area contributed by atoms with E-state index in [9.17, 15) is 9.59 Å². The van der Waals surface area contributed by atoms with Crippen LogP contribution in [0.25, 0.3) is 0 Å². The molecule has 0 aliphatic carbocycles. The lowest BCUT2D eigenvalue weighted by molar-refractivity contribution is -0.137. The molecule has 1 N–H and O–H groups in total. The maximum absolute atomic E-state index is 11.6. The number of carbonyl (C=O) groups is 2. The van der Waals surface area contributed by atoms with Gasteiger partial charge >= 0.3 is 5.97 Å². The first-order valence-electron chi connectivity index (χ1n) is 5.63. The van der Waals surface area contributed by atoms with Crippen molar-refractivity contribution in [2.45, 2.75) is 13.3 Å². The Hall–Kier alpha value is -1.64. The standard InChI is InChI=1S/C13H15NO3S/c1-3-17-13(16)12(15)11-8-7-10(18-11)6-4-5-9-14-2/h7-8,14H,3,5,9H2,1-2H3. The number of nitrogens with one attached hydrogen (secondary N) is 1. The smallest absolute Gasteiger partial charge is 0.380 e. The summed E-state index contributed by atoms with van der Waals surface area (Å²) in [5, 5.41) is 2.99. The molecule has 0 unspecified atom stereocenters. The van der Waals surface area contributed by atoms with Crippen molar-refractivity contribution in [1.82, 2.24) is 5.32 Å². The zero-order valence-corrected chi connectivity index (χ0v) is 11.2. The minimum absolute atomic E-state index is 0.201. The van der Waals surface area contributed by atoms with Crippen LogP contribution in [0.4, 0.5) is 0 Å². The van der Waals surface area contributed by atoms with Gasteiger partial charge in [0.1, 0.15) is 0 Å². The van der Waals surface area contributed by atoms with Crippen molar-refractivity contribution in [3.05, 3.63) is 21.9 Å². The molecule has 0 spiro atoms. The summed E-state index contributed by atoms with van der Waals surface area (Å²) in [5.74, 6) is 4.51. The molecule has 0 aliphatic rings. The number of ether oxygens (including phenoxy) is 1. The van der Waals surface area contributed by atoms with Gasteiger partial charge in [-0.25, -0.2) is 4.79 Å². The highest BCUT2D eigenvalue weighted by molar-refractivity contribution is 7.15. The second-order valence-electron chi connectivity index (χ2n) is 3.37. The molecule has 5 heteroatoms. The van der Waals surface area contributed by atoms with E-state index < -0.39 is 11.8 Å². The van der Waals surface area contributed by atoms with Crippen LogP contribution in [0.15, 0.2) is 12.1 Å². The second-order valence-corrected chi connectivity index (χ2v) is 4.45. The summed E-state index contributed by atoms with van der Waals surface area (Å²) in [4.78, 5) is 24.0. The fourth-order valence-electron chi connectivity index (χ4n) is 1.16. The van der Waals surface area contributed by atoms with Crippen LogP contribution in [0.1, 0.15) is 27.9 Å². The zero-order chi connectivity index (χ0) is 13.4. The third kappa shape index (κ3) is 4.32. The van der Waals surface area contributed by atoms with E-state index in [1.807, 2.05) is 7.05 Å². The van der Waals surface area contributed by atoms with E-state index in [1.165, 1.54) is 11.3 Å². The third-order valence-corrected chi connectivity index (χ3v) is 3.00. The van der Waals surface area contributed by atoms with Crippen molar-refractivity contribution < 1.29 is 14.3 Å². The van der Waals surface area contributed by atoms with Gasteiger partial charge in [-0.05, 0) is 26.1 Å². The van der Waals surface area contributed by atoms with Crippen LogP contribution >= 0.6 is 11.3 Å². The molecule has 0 radical (unpaired) electrons. The van der Waals surface area contributed by atoms with Crippen molar-refractivity contribution in [1.29, 1.82) is 0 Å². The highest BCUT2D eigenvalue weighted by atomic mass is 32.1. The lowest BCUT2D eigenvalue weighted by Gasteiger charge is -1.97. The topological polar surface area (TPSA) is 55.4 Å². The zero-order valence-electron chi connectivity index (χ0n) is 10.4. The maximum atomic E-state index is 11.6. The van der Waals surface area contributed by atoms with E-state index in [-0.39, 0.29) is 6.61 Å². The Morgan fingerprint density at radius 3 is 2.89 bits per heavy atom. The van der Waals surface area contributed by atoms with Gasteiger partial charge in [0.15, 0.2) is 0 Å². The van der Waals surface area contributed by atoms with Gasteiger partial charge in [0.25, 0.3) is 5.78 Å². The Morgan fingerprint density at radius 2 is 2.22 bits per heavy atom. The van der Waals surface area contributed by atoms with Crippen LogP contribution < -0.4 is 5.32 Å². The number of hydrogen-bond acceptors (Lipinski definition) is 5. The van der Waals surface area contributed by atoms with Gasteiger partial charge in [-0.2, -0.15) is 0 Å². The second kappa shape index (κ2) is 7.64. The van der Waals surface area contributed by atoms with E-state index in [0.717, 1.165) is 17.8 Å². The fraction of sp³-hybridized carbons (Fsp3) is 0.385. The van der Waals surface area contributed by atoms with Gasteiger partial charge in [-0.3, -0.25) is 4.79 Å². The Balaban J connectivity index is 2.64. The normalized spacial score (nSPS) is 9.44. The van der Waals surface area contributed by atoms with Crippen LogP contribution in [0, 0.1) is 11.8 Å². The van der Waals surface area contributed by atoms with Crippen molar-refractivity contribution in [2.75, 3.05) is 20.2 Å². The molecule has 0 aromatic carbocycles. The van der Waals surface area contributed by atoms with Gasteiger partial charge in [-0.15, -0.1) is 11.3 Å². The number of esters is 1. The molecule has 1 heterocycles. The Kier molecular flexibility index (Phi) is 6.12. The summed E-state index contributed by atoms with van der Waals surface area (Å²) in [6.45, 7) is 2.69. The largest absolute Gasteiger partial charge is 0.460 e. The van der Waals surface area contributed by atoms with Crippen LogP contribution in [-0.2, 0) is 9.53 Å².